The smallest absolute Gasteiger partial charge is 0.336 e. The molecule has 24 heavy (non-hydrogen) atoms. The molecule has 0 spiro atoms. The third-order valence-electron chi connectivity index (χ3n) is 5.53. The Balaban J connectivity index is 1.75. The molecule has 3 rings (SSSR count). The molecular formula is C18H25NO5. The average Bonchev–Trinajstić information content (AvgIpc) is 3.24. The molecule has 5 atom stereocenters. The molecule has 3 aliphatic heterocycles. The van der Waals surface area contributed by atoms with Crippen LogP contribution in [0.4, 0.5) is 0 Å². The Hall–Kier alpha value is -1.69. The Kier molecular flexibility index (Phi) is 4.76. The van der Waals surface area contributed by atoms with Crippen molar-refractivity contribution >= 4 is 17.8 Å². The number of methoxy groups -OCH3 is 1. The van der Waals surface area contributed by atoms with E-state index in [4.69, 9.17) is 9.47 Å². The summed E-state index contributed by atoms with van der Waals surface area (Å²) in [6.07, 6.45) is 4.71. The molecule has 0 aliphatic carbocycles. The number of hydrogen-bond donors (Lipinski definition) is 0. The number of esters is 1. The molecule has 3 heterocycles. The van der Waals surface area contributed by atoms with Crippen molar-refractivity contribution in [2.24, 2.45) is 17.8 Å². The molecule has 3 aliphatic rings. The molecule has 6 heteroatoms. The van der Waals surface area contributed by atoms with Gasteiger partial charge in [-0.25, -0.2) is 4.79 Å². The quantitative estimate of drug-likeness (QED) is 0.523. The van der Waals surface area contributed by atoms with Gasteiger partial charge in [0.15, 0.2) is 0 Å². The van der Waals surface area contributed by atoms with Gasteiger partial charge < -0.3 is 9.47 Å². The van der Waals surface area contributed by atoms with E-state index in [0.29, 0.717) is 18.0 Å². The van der Waals surface area contributed by atoms with Crippen LogP contribution in [0.5, 0.6) is 0 Å². The number of amides is 2. The van der Waals surface area contributed by atoms with Crippen molar-refractivity contribution in [1.82, 2.24) is 4.90 Å². The van der Waals surface area contributed by atoms with Crippen molar-refractivity contribution in [3.05, 3.63) is 11.6 Å². The summed E-state index contributed by atoms with van der Waals surface area (Å²) in [4.78, 5) is 38.8. The lowest BCUT2D eigenvalue weighted by Crippen LogP contribution is -2.38. The Morgan fingerprint density at radius 1 is 1.29 bits per heavy atom. The van der Waals surface area contributed by atoms with Crippen molar-refractivity contribution in [2.75, 3.05) is 13.7 Å². The van der Waals surface area contributed by atoms with Gasteiger partial charge in [0.05, 0.1) is 30.6 Å². The Bertz CT molecular complexity index is 584. The molecule has 2 amide bonds. The Morgan fingerprint density at radius 2 is 2.00 bits per heavy atom. The zero-order chi connectivity index (χ0) is 17.4. The van der Waals surface area contributed by atoms with E-state index in [1.165, 1.54) is 12.0 Å². The van der Waals surface area contributed by atoms with Crippen LogP contribution in [-0.4, -0.2) is 48.5 Å². The second-order valence-corrected chi connectivity index (χ2v) is 6.89. The number of hydrogen-bond acceptors (Lipinski definition) is 5. The summed E-state index contributed by atoms with van der Waals surface area (Å²) in [6.45, 7) is 4.71. The maximum atomic E-state index is 12.8. The lowest BCUT2D eigenvalue weighted by molar-refractivity contribution is -0.143. The number of unbranched alkanes of at least 4 members (excludes halogenated alkanes) is 1. The minimum Gasteiger partial charge on any atom is -0.466 e. The number of carbonyl (C=O) groups is 3. The summed E-state index contributed by atoms with van der Waals surface area (Å²) >= 11 is 0. The van der Waals surface area contributed by atoms with Crippen LogP contribution in [0.15, 0.2) is 11.6 Å². The number of ether oxygens (including phenoxy) is 2. The first-order chi connectivity index (χ1) is 11.5. The minimum absolute atomic E-state index is 0.146. The lowest BCUT2D eigenvalue weighted by Gasteiger charge is -2.23. The highest BCUT2D eigenvalue weighted by Gasteiger charge is 2.63. The Labute approximate surface area is 142 Å². The number of nitrogens with zero attached hydrogens (tertiary/aromatic N) is 1. The topological polar surface area (TPSA) is 72.9 Å². The number of carbonyl (C=O) groups excluding carboxylic acids is 3. The summed E-state index contributed by atoms with van der Waals surface area (Å²) in [5.74, 6) is -1.52. The zero-order valence-corrected chi connectivity index (χ0v) is 14.5. The molecule has 0 aromatic rings. The lowest BCUT2D eigenvalue weighted by atomic mass is 9.81. The average molecular weight is 335 g/mol. The molecule has 2 saturated heterocycles. The van der Waals surface area contributed by atoms with Crippen molar-refractivity contribution < 1.29 is 23.9 Å². The number of likely N-dealkylation sites (tertiary alicyclic amines) is 1. The first-order valence-corrected chi connectivity index (χ1v) is 8.84. The standard InChI is InChI=1S/C18H25NO5/c1-4-6-7-10(5-2)9-19-16(20)13-12-8-11(18(22)23-3)15(24-12)14(13)17(19)21/h8,10,12-15H,4-7,9H2,1-3H3. The van der Waals surface area contributed by atoms with Gasteiger partial charge in [-0.05, 0) is 18.4 Å². The largest absolute Gasteiger partial charge is 0.466 e. The first kappa shape index (κ1) is 17.1. The molecule has 0 aromatic heterocycles. The summed E-state index contributed by atoms with van der Waals surface area (Å²) in [7, 11) is 1.31. The monoisotopic (exact) mass is 335 g/mol. The van der Waals surface area contributed by atoms with Gasteiger partial charge in [0.1, 0.15) is 6.10 Å². The number of fused-ring (bicyclic) bond motifs is 5. The van der Waals surface area contributed by atoms with Gasteiger partial charge in [-0.3, -0.25) is 14.5 Å². The number of rotatable bonds is 7. The molecule has 5 unspecified atom stereocenters. The highest BCUT2D eigenvalue weighted by molar-refractivity contribution is 6.08. The summed E-state index contributed by atoms with van der Waals surface area (Å²) in [5, 5.41) is 0. The van der Waals surface area contributed by atoms with Gasteiger partial charge in [-0.15, -0.1) is 0 Å². The van der Waals surface area contributed by atoms with E-state index in [-0.39, 0.29) is 11.8 Å². The molecule has 2 fully saturated rings. The maximum absolute atomic E-state index is 12.8. The SMILES string of the molecule is CCCCC(CC)CN1C(=O)C2C3C=C(C(=O)OC)C(O3)C2C1=O. The summed E-state index contributed by atoms with van der Waals surface area (Å²) in [5.41, 5.74) is 0.379. The molecule has 0 N–H and O–H groups in total. The van der Waals surface area contributed by atoms with Crippen molar-refractivity contribution in [2.45, 2.75) is 51.7 Å². The second-order valence-electron chi connectivity index (χ2n) is 6.89. The van der Waals surface area contributed by atoms with Crippen LogP contribution in [-0.2, 0) is 23.9 Å². The van der Waals surface area contributed by atoms with Crippen molar-refractivity contribution in [1.29, 1.82) is 0 Å². The van der Waals surface area contributed by atoms with Gasteiger partial charge in [-0.2, -0.15) is 0 Å². The predicted octanol–water partition coefficient (Wildman–Crippen LogP) is 1.68. The van der Waals surface area contributed by atoms with Crippen LogP contribution >= 0.6 is 0 Å². The fourth-order valence-corrected chi connectivity index (χ4v) is 4.12. The predicted molar refractivity (Wildman–Crippen MR) is 85.8 cm³/mol. The van der Waals surface area contributed by atoms with E-state index in [2.05, 4.69) is 13.8 Å². The highest BCUT2D eigenvalue weighted by Crippen LogP contribution is 2.48. The van der Waals surface area contributed by atoms with Gasteiger partial charge >= 0.3 is 5.97 Å². The molecular weight excluding hydrogens is 310 g/mol. The number of imide groups is 1. The third-order valence-corrected chi connectivity index (χ3v) is 5.53. The highest BCUT2D eigenvalue weighted by atomic mass is 16.5. The van der Waals surface area contributed by atoms with Crippen LogP contribution in [0, 0.1) is 17.8 Å². The summed E-state index contributed by atoms with van der Waals surface area (Å²) < 4.78 is 10.5. The van der Waals surface area contributed by atoms with Crippen molar-refractivity contribution in [3.8, 4) is 0 Å². The zero-order valence-electron chi connectivity index (χ0n) is 14.5. The van der Waals surface area contributed by atoms with E-state index in [9.17, 15) is 14.4 Å². The van der Waals surface area contributed by atoms with E-state index < -0.39 is 30.0 Å². The fourth-order valence-electron chi connectivity index (χ4n) is 4.12. The van der Waals surface area contributed by atoms with Crippen LogP contribution in [0.2, 0.25) is 0 Å². The first-order valence-electron chi connectivity index (χ1n) is 8.84. The van der Waals surface area contributed by atoms with E-state index in [1.807, 2.05) is 0 Å². The van der Waals surface area contributed by atoms with E-state index >= 15 is 0 Å². The fraction of sp³-hybridized carbons (Fsp3) is 0.722. The second kappa shape index (κ2) is 6.67. The molecule has 2 bridgehead atoms. The molecule has 0 radical (unpaired) electrons. The summed E-state index contributed by atoms with van der Waals surface area (Å²) in [6, 6.07) is 0. The molecule has 0 aromatic carbocycles. The van der Waals surface area contributed by atoms with Gasteiger partial charge in [0.2, 0.25) is 11.8 Å². The van der Waals surface area contributed by atoms with Gasteiger partial charge in [-0.1, -0.05) is 33.1 Å². The molecule has 0 saturated carbocycles. The minimum atomic E-state index is -0.635. The van der Waals surface area contributed by atoms with Crippen LogP contribution in [0.1, 0.15) is 39.5 Å². The van der Waals surface area contributed by atoms with Crippen LogP contribution in [0.3, 0.4) is 0 Å². The normalized spacial score (nSPS) is 32.1. The van der Waals surface area contributed by atoms with Gasteiger partial charge in [0, 0.05) is 6.54 Å². The molecule has 6 nitrogen and oxygen atoms in total. The maximum Gasteiger partial charge on any atom is 0.336 e. The van der Waals surface area contributed by atoms with Crippen LogP contribution < -0.4 is 0 Å². The van der Waals surface area contributed by atoms with E-state index in [1.54, 1.807) is 6.08 Å². The van der Waals surface area contributed by atoms with E-state index in [0.717, 1.165) is 25.7 Å². The molecule has 132 valence electrons. The van der Waals surface area contributed by atoms with Crippen molar-refractivity contribution in [3.63, 3.8) is 0 Å². The van der Waals surface area contributed by atoms with Crippen LogP contribution in [0.25, 0.3) is 0 Å². The Morgan fingerprint density at radius 3 is 2.62 bits per heavy atom. The third kappa shape index (κ3) is 2.57. The van der Waals surface area contributed by atoms with Gasteiger partial charge in [0.25, 0.3) is 0 Å².